The quantitative estimate of drug-likeness (QED) is 0.558. The SMILES string of the molecule is CC1(C)N(c2cc3c(c4c2CC=C4)Cc2ccccc2-3)C1(C)C. The summed E-state index contributed by atoms with van der Waals surface area (Å²) in [5.41, 5.74) is 10.9. The molecule has 1 fully saturated rings. The minimum atomic E-state index is 0.232. The van der Waals surface area contributed by atoms with E-state index in [-0.39, 0.29) is 11.1 Å². The van der Waals surface area contributed by atoms with Crippen molar-refractivity contribution in [2.24, 2.45) is 0 Å². The van der Waals surface area contributed by atoms with E-state index in [1.165, 1.54) is 39.1 Å². The Morgan fingerprint density at radius 2 is 1.65 bits per heavy atom. The number of rotatable bonds is 1. The van der Waals surface area contributed by atoms with Crippen LogP contribution in [-0.2, 0) is 12.8 Å². The number of fused-ring (bicyclic) bond motifs is 5. The normalized spacial score (nSPS) is 21.1. The lowest BCUT2D eigenvalue weighted by Crippen LogP contribution is -2.10. The molecule has 0 radical (unpaired) electrons. The number of benzene rings is 2. The van der Waals surface area contributed by atoms with Crippen LogP contribution in [0.3, 0.4) is 0 Å². The highest BCUT2D eigenvalue weighted by atomic mass is 15.4. The molecule has 1 nitrogen and oxygen atoms in total. The summed E-state index contributed by atoms with van der Waals surface area (Å²) >= 11 is 0. The van der Waals surface area contributed by atoms with Gasteiger partial charge in [0.05, 0.1) is 11.1 Å². The predicted molar refractivity (Wildman–Crippen MR) is 98.1 cm³/mol. The van der Waals surface area contributed by atoms with Gasteiger partial charge in [-0.3, -0.25) is 0 Å². The maximum atomic E-state index is 2.62. The van der Waals surface area contributed by atoms with Gasteiger partial charge in [0.15, 0.2) is 0 Å². The van der Waals surface area contributed by atoms with Crippen molar-refractivity contribution in [3.63, 3.8) is 0 Å². The van der Waals surface area contributed by atoms with Gasteiger partial charge < -0.3 is 4.90 Å². The van der Waals surface area contributed by atoms with Crippen LogP contribution in [0.5, 0.6) is 0 Å². The molecule has 0 bridgehead atoms. The van der Waals surface area contributed by atoms with E-state index < -0.39 is 0 Å². The van der Waals surface area contributed by atoms with Crippen molar-refractivity contribution in [1.29, 1.82) is 0 Å². The van der Waals surface area contributed by atoms with Gasteiger partial charge in [-0.15, -0.1) is 0 Å². The van der Waals surface area contributed by atoms with Gasteiger partial charge in [-0.2, -0.15) is 0 Å². The highest BCUT2D eigenvalue weighted by molar-refractivity contribution is 5.89. The lowest BCUT2D eigenvalue weighted by molar-refractivity contribution is 0.652. The van der Waals surface area contributed by atoms with Gasteiger partial charge in [0.2, 0.25) is 0 Å². The largest absolute Gasteiger partial charge is 0.356 e. The number of hydrogen-bond acceptors (Lipinski definition) is 1. The molecule has 1 heteroatoms. The summed E-state index contributed by atoms with van der Waals surface area (Å²) in [5.74, 6) is 0. The molecule has 0 atom stereocenters. The van der Waals surface area contributed by atoms with Gasteiger partial charge in [0, 0.05) is 5.69 Å². The average molecular weight is 301 g/mol. The molecule has 0 N–H and O–H groups in total. The lowest BCUT2D eigenvalue weighted by atomic mass is 9.96. The van der Waals surface area contributed by atoms with Gasteiger partial charge in [-0.25, -0.2) is 0 Å². The number of nitrogens with zero attached hydrogens (tertiary/aromatic N) is 1. The van der Waals surface area contributed by atoms with Crippen LogP contribution in [0.25, 0.3) is 17.2 Å². The molecular formula is C22H23N. The molecule has 1 heterocycles. The van der Waals surface area contributed by atoms with E-state index in [0.717, 1.165) is 12.8 Å². The first-order chi connectivity index (χ1) is 10.9. The fraction of sp³-hybridized carbons (Fsp3) is 0.364. The van der Waals surface area contributed by atoms with Gasteiger partial charge in [0.1, 0.15) is 0 Å². The van der Waals surface area contributed by atoms with Gasteiger partial charge in [-0.05, 0) is 80.0 Å². The van der Waals surface area contributed by atoms with E-state index in [9.17, 15) is 0 Å². The maximum Gasteiger partial charge on any atom is 0.0578 e. The van der Waals surface area contributed by atoms with Crippen LogP contribution < -0.4 is 4.90 Å². The van der Waals surface area contributed by atoms with Crippen molar-refractivity contribution in [2.75, 3.05) is 4.90 Å². The summed E-state index contributed by atoms with van der Waals surface area (Å²) in [7, 11) is 0. The Balaban J connectivity index is 1.77. The fourth-order valence-corrected chi connectivity index (χ4v) is 4.77. The zero-order chi connectivity index (χ0) is 16.0. The Morgan fingerprint density at radius 1 is 0.913 bits per heavy atom. The first kappa shape index (κ1) is 13.4. The van der Waals surface area contributed by atoms with Crippen LogP contribution in [0.4, 0.5) is 5.69 Å². The molecule has 3 aliphatic rings. The summed E-state index contributed by atoms with van der Waals surface area (Å²) in [6.45, 7) is 9.46. The third kappa shape index (κ3) is 1.48. The van der Waals surface area contributed by atoms with E-state index in [4.69, 9.17) is 0 Å². The van der Waals surface area contributed by atoms with Crippen molar-refractivity contribution in [1.82, 2.24) is 0 Å². The average Bonchev–Trinajstić information content (AvgIpc) is 2.95. The molecule has 2 aromatic rings. The molecule has 2 aliphatic carbocycles. The van der Waals surface area contributed by atoms with Crippen molar-refractivity contribution in [3.05, 3.63) is 58.7 Å². The molecule has 0 unspecified atom stereocenters. The molecule has 5 rings (SSSR count). The molecule has 23 heavy (non-hydrogen) atoms. The summed E-state index contributed by atoms with van der Waals surface area (Å²) in [6.07, 6.45) is 6.86. The Hall–Kier alpha value is -2.02. The van der Waals surface area contributed by atoms with Crippen LogP contribution in [0.15, 0.2) is 36.4 Å². The third-order valence-corrected chi connectivity index (χ3v) is 6.65. The fourth-order valence-electron chi connectivity index (χ4n) is 4.77. The number of anilines is 1. The van der Waals surface area contributed by atoms with Crippen molar-refractivity contribution >= 4 is 11.8 Å². The van der Waals surface area contributed by atoms with E-state index in [0.29, 0.717) is 0 Å². The zero-order valence-electron chi connectivity index (χ0n) is 14.4. The van der Waals surface area contributed by atoms with E-state index in [2.05, 4.69) is 75.1 Å². The molecule has 0 amide bonds. The molecule has 0 aromatic heterocycles. The molecule has 1 saturated heterocycles. The van der Waals surface area contributed by atoms with Crippen molar-refractivity contribution in [2.45, 2.75) is 51.6 Å². The van der Waals surface area contributed by atoms with Crippen LogP contribution in [0.1, 0.15) is 49.9 Å². The Labute approximate surface area is 138 Å². The molecule has 2 aromatic carbocycles. The predicted octanol–water partition coefficient (Wildman–Crippen LogP) is 5.20. The Morgan fingerprint density at radius 3 is 2.39 bits per heavy atom. The number of hydrogen-bond donors (Lipinski definition) is 0. The van der Waals surface area contributed by atoms with Crippen molar-refractivity contribution in [3.8, 4) is 11.1 Å². The topological polar surface area (TPSA) is 3.01 Å². The van der Waals surface area contributed by atoms with Gasteiger partial charge in [-0.1, -0.05) is 36.4 Å². The number of allylic oxidation sites excluding steroid dienone is 1. The van der Waals surface area contributed by atoms with E-state index in [1.807, 2.05) is 0 Å². The maximum absolute atomic E-state index is 2.62. The van der Waals surface area contributed by atoms with E-state index in [1.54, 1.807) is 0 Å². The monoisotopic (exact) mass is 301 g/mol. The lowest BCUT2D eigenvalue weighted by Gasteiger charge is -2.18. The highest BCUT2D eigenvalue weighted by Gasteiger charge is 2.63. The first-order valence-electron chi connectivity index (χ1n) is 8.67. The molecule has 0 spiro atoms. The minimum Gasteiger partial charge on any atom is -0.356 e. The minimum absolute atomic E-state index is 0.232. The molecule has 0 saturated carbocycles. The van der Waals surface area contributed by atoms with Crippen LogP contribution in [0, 0.1) is 0 Å². The second-order valence-electron chi connectivity index (χ2n) is 8.21. The van der Waals surface area contributed by atoms with Crippen LogP contribution in [0.2, 0.25) is 0 Å². The first-order valence-corrected chi connectivity index (χ1v) is 8.67. The van der Waals surface area contributed by atoms with Crippen LogP contribution >= 0.6 is 0 Å². The van der Waals surface area contributed by atoms with Crippen LogP contribution in [-0.4, -0.2) is 11.1 Å². The Bertz CT molecular complexity index is 869. The molecular weight excluding hydrogens is 278 g/mol. The second-order valence-corrected chi connectivity index (χ2v) is 8.21. The smallest absolute Gasteiger partial charge is 0.0578 e. The Kier molecular flexibility index (Phi) is 2.27. The second kappa shape index (κ2) is 3.90. The molecule has 116 valence electrons. The third-order valence-electron chi connectivity index (χ3n) is 6.65. The van der Waals surface area contributed by atoms with E-state index >= 15 is 0 Å². The van der Waals surface area contributed by atoms with Gasteiger partial charge >= 0.3 is 0 Å². The van der Waals surface area contributed by atoms with Gasteiger partial charge in [0.25, 0.3) is 0 Å². The summed E-state index contributed by atoms with van der Waals surface area (Å²) in [6, 6.07) is 11.4. The standard InChI is InChI=1S/C22H23N/c1-21(2)22(3,4)23(21)20-13-19-15-9-6-5-8-14(15)12-18(19)16-10-7-11-17(16)20/h5-10,13H,11-12H2,1-4H3. The highest BCUT2D eigenvalue weighted by Crippen LogP contribution is 2.57. The summed E-state index contributed by atoms with van der Waals surface area (Å²) in [5, 5.41) is 0. The zero-order valence-corrected chi connectivity index (χ0v) is 14.4. The van der Waals surface area contributed by atoms with Crippen molar-refractivity contribution < 1.29 is 0 Å². The molecule has 1 aliphatic heterocycles. The summed E-state index contributed by atoms with van der Waals surface area (Å²) in [4.78, 5) is 2.62. The summed E-state index contributed by atoms with van der Waals surface area (Å²) < 4.78 is 0.